The van der Waals surface area contributed by atoms with Gasteiger partial charge in [0.05, 0.1) is 5.52 Å². The maximum Gasteiger partial charge on any atom is 0.132 e. The van der Waals surface area contributed by atoms with Crippen molar-refractivity contribution in [1.82, 2.24) is 4.98 Å². The lowest BCUT2D eigenvalue weighted by Gasteiger charge is -2.28. The molecule has 1 aromatic heterocycles. The van der Waals surface area contributed by atoms with Crippen molar-refractivity contribution in [2.75, 3.05) is 18.0 Å². The molecule has 0 bridgehead atoms. The maximum absolute atomic E-state index is 5.74. The summed E-state index contributed by atoms with van der Waals surface area (Å²) in [5, 5.41) is 1.19. The molecule has 2 rings (SSSR count). The number of pyridine rings is 1. The lowest BCUT2D eigenvalue weighted by molar-refractivity contribution is 0.689. The van der Waals surface area contributed by atoms with Crippen LogP contribution in [0.4, 0.5) is 5.82 Å². The fourth-order valence-electron chi connectivity index (χ4n) is 2.50. The Labute approximate surface area is 115 Å². The fourth-order valence-corrected chi connectivity index (χ4v) is 2.50. The first kappa shape index (κ1) is 13.8. The first-order valence-electron chi connectivity index (χ1n) is 7.02. The zero-order valence-corrected chi connectivity index (χ0v) is 12.1. The molecule has 3 nitrogen and oxygen atoms in total. The number of hydrogen-bond donors (Lipinski definition) is 1. The van der Waals surface area contributed by atoms with E-state index in [-0.39, 0.29) is 0 Å². The molecule has 0 aliphatic rings. The van der Waals surface area contributed by atoms with Crippen molar-refractivity contribution >= 4 is 16.7 Å². The molecule has 0 radical (unpaired) electrons. The monoisotopic (exact) mass is 257 g/mol. The molecule has 19 heavy (non-hydrogen) atoms. The van der Waals surface area contributed by atoms with E-state index in [4.69, 9.17) is 10.7 Å². The van der Waals surface area contributed by atoms with Crippen molar-refractivity contribution in [3.8, 4) is 0 Å². The lowest BCUT2D eigenvalue weighted by atomic mass is 10.1. The van der Waals surface area contributed by atoms with Crippen LogP contribution in [0.5, 0.6) is 0 Å². The van der Waals surface area contributed by atoms with E-state index in [9.17, 15) is 0 Å². The Morgan fingerprint density at radius 2 is 2.00 bits per heavy atom. The highest BCUT2D eigenvalue weighted by molar-refractivity contribution is 5.81. The summed E-state index contributed by atoms with van der Waals surface area (Å²) in [7, 11) is 0. The number of rotatable bonds is 5. The second-order valence-corrected chi connectivity index (χ2v) is 5.08. The van der Waals surface area contributed by atoms with Crippen molar-refractivity contribution in [2.45, 2.75) is 33.2 Å². The van der Waals surface area contributed by atoms with Gasteiger partial charge in [0.1, 0.15) is 5.82 Å². The van der Waals surface area contributed by atoms with Crippen molar-refractivity contribution in [3.63, 3.8) is 0 Å². The third kappa shape index (κ3) is 2.87. The van der Waals surface area contributed by atoms with Gasteiger partial charge in [-0.15, -0.1) is 0 Å². The molecular formula is C16H23N3. The molecule has 0 amide bonds. The van der Waals surface area contributed by atoms with Crippen molar-refractivity contribution in [1.29, 1.82) is 0 Å². The predicted octanol–water partition coefficient (Wildman–Crippen LogP) is 2.97. The number of hydrogen-bond acceptors (Lipinski definition) is 3. The summed E-state index contributed by atoms with van der Waals surface area (Å²) in [6.07, 6.45) is 0.871. The SMILES string of the molecule is CCN(c1nc2ccccc2cc1CCN)C(C)C. The van der Waals surface area contributed by atoms with Crippen LogP contribution in [0.15, 0.2) is 30.3 Å². The van der Waals surface area contributed by atoms with Gasteiger partial charge in [-0.05, 0) is 51.4 Å². The fraction of sp³-hybridized carbons (Fsp3) is 0.438. The molecule has 3 heteroatoms. The number of nitrogens with two attached hydrogens (primary N) is 1. The van der Waals surface area contributed by atoms with Crippen LogP contribution in [0.1, 0.15) is 26.3 Å². The van der Waals surface area contributed by atoms with Crippen LogP contribution in [0.3, 0.4) is 0 Å². The summed E-state index contributed by atoms with van der Waals surface area (Å²) >= 11 is 0. The molecule has 0 spiro atoms. The second-order valence-electron chi connectivity index (χ2n) is 5.08. The van der Waals surface area contributed by atoms with Crippen LogP contribution in [-0.2, 0) is 6.42 Å². The highest BCUT2D eigenvalue weighted by atomic mass is 15.2. The normalized spacial score (nSPS) is 11.2. The van der Waals surface area contributed by atoms with E-state index in [0.29, 0.717) is 12.6 Å². The molecular weight excluding hydrogens is 234 g/mol. The summed E-state index contributed by atoms with van der Waals surface area (Å²) in [5.74, 6) is 1.08. The summed E-state index contributed by atoms with van der Waals surface area (Å²) < 4.78 is 0. The van der Waals surface area contributed by atoms with E-state index in [1.165, 1.54) is 10.9 Å². The average Bonchev–Trinajstić information content (AvgIpc) is 2.40. The summed E-state index contributed by atoms with van der Waals surface area (Å²) in [4.78, 5) is 7.19. The van der Waals surface area contributed by atoms with Gasteiger partial charge < -0.3 is 10.6 Å². The third-order valence-electron chi connectivity index (χ3n) is 3.43. The zero-order valence-electron chi connectivity index (χ0n) is 12.1. The van der Waals surface area contributed by atoms with Gasteiger partial charge in [-0.1, -0.05) is 18.2 Å². The van der Waals surface area contributed by atoms with Gasteiger partial charge in [-0.25, -0.2) is 4.98 Å². The number of aromatic nitrogens is 1. The Morgan fingerprint density at radius 1 is 1.26 bits per heavy atom. The smallest absolute Gasteiger partial charge is 0.132 e. The van der Waals surface area contributed by atoms with E-state index in [0.717, 1.165) is 24.3 Å². The van der Waals surface area contributed by atoms with Gasteiger partial charge in [0.25, 0.3) is 0 Å². The molecule has 1 heterocycles. The van der Waals surface area contributed by atoms with E-state index in [2.05, 4.69) is 49.9 Å². The second kappa shape index (κ2) is 6.02. The molecule has 2 N–H and O–H groups in total. The van der Waals surface area contributed by atoms with Gasteiger partial charge in [0, 0.05) is 18.0 Å². The van der Waals surface area contributed by atoms with Crippen LogP contribution in [0, 0.1) is 0 Å². The van der Waals surface area contributed by atoms with Crippen LogP contribution in [-0.4, -0.2) is 24.1 Å². The standard InChI is InChI=1S/C16H23N3/c1-4-19(12(2)3)16-14(9-10-17)11-13-7-5-6-8-15(13)18-16/h5-8,11-12H,4,9-10,17H2,1-3H3. The largest absolute Gasteiger partial charge is 0.354 e. The first-order chi connectivity index (χ1) is 9.17. The molecule has 0 atom stereocenters. The van der Waals surface area contributed by atoms with Gasteiger partial charge in [-0.3, -0.25) is 0 Å². The molecule has 0 unspecified atom stereocenters. The molecule has 0 aliphatic heterocycles. The van der Waals surface area contributed by atoms with E-state index in [1.807, 2.05) is 6.07 Å². The minimum atomic E-state index is 0.440. The maximum atomic E-state index is 5.74. The third-order valence-corrected chi connectivity index (χ3v) is 3.43. The van der Waals surface area contributed by atoms with Crippen molar-refractivity contribution in [2.24, 2.45) is 5.73 Å². The summed E-state index contributed by atoms with van der Waals surface area (Å²) in [5.41, 5.74) is 8.05. The molecule has 0 fully saturated rings. The molecule has 1 aromatic carbocycles. The average molecular weight is 257 g/mol. The quantitative estimate of drug-likeness (QED) is 0.895. The topological polar surface area (TPSA) is 42.2 Å². The number of fused-ring (bicyclic) bond motifs is 1. The van der Waals surface area contributed by atoms with Crippen LogP contribution in [0.2, 0.25) is 0 Å². The number of nitrogens with zero attached hydrogens (tertiary/aromatic N) is 2. The number of benzene rings is 1. The summed E-state index contributed by atoms with van der Waals surface area (Å²) in [6, 6.07) is 10.9. The number of anilines is 1. The van der Waals surface area contributed by atoms with Crippen LogP contribution < -0.4 is 10.6 Å². The van der Waals surface area contributed by atoms with Gasteiger partial charge in [0.2, 0.25) is 0 Å². The predicted molar refractivity (Wildman–Crippen MR) is 82.7 cm³/mol. The van der Waals surface area contributed by atoms with E-state index in [1.54, 1.807) is 0 Å². The lowest BCUT2D eigenvalue weighted by Crippen LogP contribution is -2.32. The molecule has 0 saturated heterocycles. The highest BCUT2D eigenvalue weighted by Crippen LogP contribution is 2.25. The molecule has 0 saturated carbocycles. The van der Waals surface area contributed by atoms with Crippen molar-refractivity contribution < 1.29 is 0 Å². The molecule has 0 aliphatic carbocycles. The number of para-hydroxylation sites is 1. The van der Waals surface area contributed by atoms with Gasteiger partial charge in [0.15, 0.2) is 0 Å². The highest BCUT2D eigenvalue weighted by Gasteiger charge is 2.15. The summed E-state index contributed by atoms with van der Waals surface area (Å²) in [6.45, 7) is 8.19. The van der Waals surface area contributed by atoms with Crippen LogP contribution in [0.25, 0.3) is 10.9 Å². The van der Waals surface area contributed by atoms with Gasteiger partial charge >= 0.3 is 0 Å². The Hall–Kier alpha value is -1.61. The van der Waals surface area contributed by atoms with E-state index >= 15 is 0 Å². The Morgan fingerprint density at radius 3 is 2.63 bits per heavy atom. The Balaban J connectivity index is 2.58. The molecule has 102 valence electrons. The minimum Gasteiger partial charge on any atom is -0.354 e. The van der Waals surface area contributed by atoms with Crippen LogP contribution >= 0.6 is 0 Å². The minimum absolute atomic E-state index is 0.440. The van der Waals surface area contributed by atoms with Crippen molar-refractivity contribution in [3.05, 3.63) is 35.9 Å². The zero-order chi connectivity index (χ0) is 13.8. The first-order valence-corrected chi connectivity index (χ1v) is 7.02. The molecule has 2 aromatic rings. The Kier molecular flexibility index (Phi) is 4.38. The Bertz CT molecular complexity index is 549. The van der Waals surface area contributed by atoms with Gasteiger partial charge in [-0.2, -0.15) is 0 Å². The van der Waals surface area contributed by atoms with E-state index < -0.39 is 0 Å².